The third kappa shape index (κ3) is 3.54. The molecule has 1 aliphatic rings. The maximum absolute atomic E-state index is 13.3. The summed E-state index contributed by atoms with van der Waals surface area (Å²) < 4.78 is 13.9. The Morgan fingerprint density at radius 1 is 1.53 bits per heavy atom. The van der Waals surface area contributed by atoms with E-state index in [0.717, 1.165) is 19.4 Å². The number of nitrogens with two attached hydrogens (primary N) is 1. The molecule has 2 atom stereocenters. The zero-order valence-electron chi connectivity index (χ0n) is 10.9. The van der Waals surface area contributed by atoms with Crippen LogP contribution in [0.5, 0.6) is 0 Å². The highest BCUT2D eigenvalue weighted by molar-refractivity contribution is 9.10. The van der Waals surface area contributed by atoms with Crippen molar-refractivity contribution >= 4 is 21.8 Å². The van der Waals surface area contributed by atoms with Crippen molar-refractivity contribution in [2.75, 3.05) is 13.1 Å². The van der Waals surface area contributed by atoms with E-state index in [1.165, 1.54) is 12.1 Å². The number of nitrogens with zero attached hydrogens (tertiary/aromatic N) is 1. The van der Waals surface area contributed by atoms with Gasteiger partial charge in [-0.15, -0.1) is 0 Å². The van der Waals surface area contributed by atoms with Crippen LogP contribution in [0.4, 0.5) is 4.39 Å². The average molecular weight is 329 g/mol. The van der Waals surface area contributed by atoms with Crippen LogP contribution >= 0.6 is 15.9 Å². The second kappa shape index (κ2) is 6.01. The summed E-state index contributed by atoms with van der Waals surface area (Å²) in [6.45, 7) is 3.35. The minimum Gasteiger partial charge on any atom is -0.338 e. The molecule has 1 amide bonds. The van der Waals surface area contributed by atoms with Gasteiger partial charge in [0.15, 0.2) is 0 Å². The largest absolute Gasteiger partial charge is 0.338 e. The maximum Gasteiger partial charge on any atom is 0.254 e. The third-order valence-electron chi connectivity index (χ3n) is 3.60. The van der Waals surface area contributed by atoms with Crippen molar-refractivity contribution < 1.29 is 9.18 Å². The number of hydrogen-bond donors (Lipinski definition) is 1. The molecule has 0 aliphatic carbocycles. The molecule has 19 heavy (non-hydrogen) atoms. The molecule has 0 saturated carbocycles. The Morgan fingerprint density at radius 2 is 2.26 bits per heavy atom. The molecule has 1 aromatic rings. The molecule has 1 saturated heterocycles. The molecule has 3 nitrogen and oxygen atoms in total. The van der Waals surface area contributed by atoms with Gasteiger partial charge in [-0.25, -0.2) is 4.39 Å². The van der Waals surface area contributed by atoms with Gasteiger partial charge in [0.2, 0.25) is 0 Å². The topological polar surface area (TPSA) is 46.3 Å². The highest BCUT2D eigenvalue weighted by Crippen LogP contribution is 2.22. The first kappa shape index (κ1) is 14.5. The van der Waals surface area contributed by atoms with E-state index < -0.39 is 5.82 Å². The number of halogens is 2. The number of hydrogen-bond acceptors (Lipinski definition) is 2. The minimum absolute atomic E-state index is 0.0786. The summed E-state index contributed by atoms with van der Waals surface area (Å²) >= 11 is 3.21. The van der Waals surface area contributed by atoms with Crippen molar-refractivity contribution in [3.8, 4) is 0 Å². The fraction of sp³-hybridized carbons (Fsp3) is 0.500. The van der Waals surface area contributed by atoms with Crippen LogP contribution in [0, 0.1) is 11.7 Å². The zero-order chi connectivity index (χ0) is 14.0. The van der Waals surface area contributed by atoms with E-state index in [-0.39, 0.29) is 11.9 Å². The van der Waals surface area contributed by atoms with Gasteiger partial charge in [0, 0.05) is 29.2 Å². The van der Waals surface area contributed by atoms with Crippen molar-refractivity contribution in [2.24, 2.45) is 11.7 Å². The molecular formula is C14H18BrFN2O. The van der Waals surface area contributed by atoms with Crippen molar-refractivity contribution in [3.05, 3.63) is 34.1 Å². The minimum atomic E-state index is -0.404. The van der Waals surface area contributed by atoms with E-state index in [1.54, 1.807) is 11.0 Å². The fourth-order valence-corrected chi connectivity index (χ4v) is 2.95. The molecule has 1 aliphatic heterocycles. The standard InChI is InChI=1S/C14H18BrFN2O/c1-9(17)10-3-2-4-18(8-10)14(19)11-5-12(15)7-13(16)6-11/h5-7,9-10H,2-4,8,17H2,1H3/t9-,10+/m0/s1. The fourth-order valence-electron chi connectivity index (χ4n) is 2.48. The molecule has 5 heteroatoms. The van der Waals surface area contributed by atoms with Gasteiger partial charge in [-0.2, -0.15) is 0 Å². The monoisotopic (exact) mass is 328 g/mol. The lowest BCUT2D eigenvalue weighted by Crippen LogP contribution is -2.45. The molecule has 0 radical (unpaired) electrons. The van der Waals surface area contributed by atoms with Gasteiger partial charge in [-0.05, 0) is 43.9 Å². The second-order valence-corrected chi connectivity index (χ2v) is 6.09. The number of piperidine rings is 1. The lowest BCUT2D eigenvalue weighted by molar-refractivity contribution is 0.0660. The predicted molar refractivity (Wildman–Crippen MR) is 76.4 cm³/mol. The van der Waals surface area contributed by atoms with Gasteiger partial charge in [-0.1, -0.05) is 15.9 Å². The highest BCUT2D eigenvalue weighted by atomic mass is 79.9. The number of carbonyl (C=O) groups excluding carboxylic acids is 1. The Bertz CT molecular complexity index is 458. The smallest absolute Gasteiger partial charge is 0.254 e. The summed E-state index contributed by atoms with van der Waals surface area (Å²) in [5.74, 6) is -0.196. The van der Waals surface area contributed by atoms with E-state index in [0.29, 0.717) is 22.5 Å². The van der Waals surface area contributed by atoms with Crippen LogP contribution in [0.2, 0.25) is 0 Å². The van der Waals surface area contributed by atoms with E-state index >= 15 is 0 Å². The van der Waals surface area contributed by atoms with Crippen molar-refractivity contribution in [1.29, 1.82) is 0 Å². The molecule has 0 unspecified atom stereocenters. The normalized spacial score (nSPS) is 21.3. The molecule has 104 valence electrons. The van der Waals surface area contributed by atoms with Gasteiger partial charge in [0.25, 0.3) is 5.91 Å². The van der Waals surface area contributed by atoms with Crippen LogP contribution in [0.25, 0.3) is 0 Å². The molecule has 2 rings (SSSR count). The van der Waals surface area contributed by atoms with Crippen molar-refractivity contribution in [1.82, 2.24) is 4.90 Å². The Hall–Kier alpha value is -0.940. The van der Waals surface area contributed by atoms with Crippen LogP contribution in [0.1, 0.15) is 30.1 Å². The van der Waals surface area contributed by atoms with Crippen LogP contribution in [0.15, 0.2) is 22.7 Å². The molecule has 0 bridgehead atoms. The summed E-state index contributed by atoms with van der Waals surface area (Å²) in [6, 6.07) is 4.36. The van der Waals surface area contributed by atoms with E-state index in [1.807, 2.05) is 6.92 Å². The first-order valence-electron chi connectivity index (χ1n) is 6.48. The average Bonchev–Trinajstić information content (AvgIpc) is 2.37. The van der Waals surface area contributed by atoms with Crippen LogP contribution in [-0.2, 0) is 0 Å². The molecule has 1 heterocycles. The summed E-state index contributed by atoms with van der Waals surface area (Å²) in [6.07, 6.45) is 2.00. The number of carbonyl (C=O) groups is 1. The van der Waals surface area contributed by atoms with Gasteiger partial charge in [0.1, 0.15) is 5.82 Å². The quantitative estimate of drug-likeness (QED) is 0.907. The van der Waals surface area contributed by atoms with Gasteiger partial charge >= 0.3 is 0 Å². The zero-order valence-corrected chi connectivity index (χ0v) is 12.5. The third-order valence-corrected chi connectivity index (χ3v) is 4.06. The maximum atomic E-state index is 13.3. The summed E-state index contributed by atoms with van der Waals surface area (Å²) in [4.78, 5) is 14.1. The van der Waals surface area contributed by atoms with Gasteiger partial charge < -0.3 is 10.6 Å². The lowest BCUT2D eigenvalue weighted by Gasteiger charge is -2.34. The molecule has 0 spiro atoms. The number of amides is 1. The van der Waals surface area contributed by atoms with E-state index in [9.17, 15) is 9.18 Å². The highest BCUT2D eigenvalue weighted by Gasteiger charge is 2.26. The molecule has 2 N–H and O–H groups in total. The SMILES string of the molecule is C[C@H](N)[C@@H]1CCCN(C(=O)c2cc(F)cc(Br)c2)C1. The van der Waals surface area contributed by atoms with Gasteiger partial charge in [-0.3, -0.25) is 4.79 Å². The Labute approximate surface area is 121 Å². The van der Waals surface area contributed by atoms with Crippen molar-refractivity contribution in [2.45, 2.75) is 25.8 Å². The summed E-state index contributed by atoms with van der Waals surface area (Å²) in [5.41, 5.74) is 6.30. The number of benzene rings is 1. The Morgan fingerprint density at radius 3 is 2.89 bits per heavy atom. The second-order valence-electron chi connectivity index (χ2n) is 5.17. The first-order chi connectivity index (χ1) is 8.97. The molecule has 1 aromatic carbocycles. The molecule has 0 aromatic heterocycles. The summed E-state index contributed by atoms with van der Waals surface area (Å²) in [7, 11) is 0. The van der Waals surface area contributed by atoms with E-state index in [2.05, 4.69) is 15.9 Å². The lowest BCUT2D eigenvalue weighted by atomic mass is 9.92. The van der Waals surface area contributed by atoms with Crippen molar-refractivity contribution in [3.63, 3.8) is 0 Å². The molecular weight excluding hydrogens is 311 g/mol. The summed E-state index contributed by atoms with van der Waals surface area (Å²) in [5, 5.41) is 0. The van der Waals surface area contributed by atoms with Crippen LogP contribution < -0.4 is 5.73 Å². The van der Waals surface area contributed by atoms with Crippen LogP contribution in [-0.4, -0.2) is 29.9 Å². The van der Waals surface area contributed by atoms with Gasteiger partial charge in [0.05, 0.1) is 0 Å². The Kier molecular flexibility index (Phi) is 4.58. The molecule has 1 fully saturated rings. The predicted octanol–water partition coefficient (Wildman–Crippen LogP) is 2.79. The number of rotatable bonds is 2. The Balaban J connectivity index is 2.14. The van der Waals surface area contributed by atoms with E-state index in [4.69, 9.17) is 5.73 Å². The van der Waals surface area contributed by atoms with Crippen LogP contribution in [0.3, 0.4) is 0 Å². The first-order valence-corrected chi connectivity index (χ1v) is 7.27. The number of likely N-dealkylation sites (tertiary alicyclic amines) is 1.